The van der Waals surface area contributed by atoms with Crippen molar-refractivity contribution in [1.29, 1.82) is 0 Å². The predicted octanol–water partition coefficient (Wildman–Crippen LogP) is 2.86. The van der Waals surface area contributed by atoms with E-state index in [0.717, 1.165) is 16.7 Å². The zero-order valence-electron chi connectivity index (χ0n) is 8.71. The minimum atomic E-state index is -0.231. The van der Waals surface area contributed by atoms with E-state index in [1.54, 1.807) is 13.4 Å². The van der Waals surface area contributed by atoms with Crippen LogP contribution in [0.3, 0.4) is 0 Å². The van der Waals surface area contributed by atoms with Gasteiger partial charge in [0.25, 0.3) is 0 Å². The molecule has 0 saturated carbocycles. The Morgan fingerprint density at radius 3 is 2.71 bits per heavy atom. The normalized spacial score (nSPS) is 14.4. The van der Waals surface area contributed by atoms with Crippen LogP contribution in [0.4, 0.5) is 0 Å². The first-order valence-corrected chi connectivity index (χ1v) is 5.29. The summed E-state index contributed by atoms with van der Waals surface area (Å²) in [6, 6.07) is 1.70. The molecule has 1 unspecified atom stereocenters. The SMILES string of the molecule is COC(C)(C)CC(N)c1occc1Br. The van der Waals surface area contributed by atoms with Gasteiger partial charge >= 0.3 is 0 Å². The number of nitrogens with two attached hydrogens (primary N) is 1. The summed E-state index contributed by atoms with van der Waals surface area (Å²) in [5, 5.41) is 0. The van der Waals surface area contributed by atoms with E-state index in [2.05, 4.69) is 15.9 Å². The van der Waals surface area contributed by atoms with E-state index in [9.17, 15) is 0 Å². The van der Waals surface area contributed by atoms with Crippen molar-refractivity contribution in [3.63, 3.8) is 0 Å². The second-order valence-electron chi connectivity index (χ2n) is 3.91. The topological polar surface area (TPSA) is 48.4 Å². The molecule has 1 heterocycles. The zero-order valence-corrected chi connectivity index (χ0v) is 10.3. The van der Waals surface area contributed by atoms with Gasteiger partial charge < -0.3 is 14.9 Å². The molecule has 14 heavy (non-hydrogen) atoms. The highest BCUT2D eigenvalue weighted by atomic mass is 79.9. The van der Waals surface area contributed by atoms with Gasteiger partial charge in [0.05, 0.1) is 22.4 Å². The quantitative estimate of drug-likeness (QED) is 0.907. The van der Waals surface area contributed by atoms with Crippen LogP contribution in [0.15, 0.2) is 21.2 Å². The molecule has 1 aromatic rings. The number of methoxy groups -OCH3 is 1. The van der Waals surface area contributed by atoms with Crippen LogP contribution in [0.2, 0.25) is 0 Å². The van der Waals surface area contributed by atoms with Crippen LogP contribution in [0, 0.1) is 0 Å². The fourth-order valence-corrected chi connectivity index (χ4v) is 1.77. The number of furan rings is 1. The van der Waals surface area contributed by atoms with E-state index < -0.39 is 0 Å². The molecule has 0 fully saturated rings. The van der Waals surface area contributed by atoms with Crippen molar-refractivity contribution in [3.05, 3.63) is 22.6 Å². The van der Waals surface area contributed by atoms with Crippen molar-refractivity contribution < 1.29 is 9.15 Å². The minimum Gasteiger partial charge on any atom is -0.466 e. The van der Waals surface area contributed by atoms with Gasteiger partial charge in [0.2, 0.25) is 0 Å². The van der Waals surface area contributed by atoms with Gasteiger partial charge in [-0.1, -0.05) is 0 Å². The molecule has 1 rings (SSSR count). The number of hydrogen-bond acceptors (Lipinski definition) is 3. The monoisotopic (exact) mass is 261 g/mol. The van der Waals surface area contributed by atoms with E-state index in [4.69, 9.17) is 14.9 Å². The van der Waals surface area contributed by atoms with Gasteiger partial charge in [-0.25, -0.2) is 0 Å². The third kappa shape index (κ3) is 2.83. The Hall–Kier alpha value is -0.320. The number of hydrogen-bond donors (Lipinski definition) is 1. The highest BCUT2D eigenvalue weighted by Gasteiger charge is 2.24. The van der Waals surface area contributed by atoms with Gasteiger partial charge in [0.15, 0.2) is 0 Å². The summed E-state index contributed by atoms with van der Waals surface area (Å²) in [5.74, 6) is 0.773. The lowest BCUT2D eigenvalue weighted by atomic mass is 9.98. The average Bonchev–Trinajstić information content (AvgIpc) is 2.51. The van der Waals surface area contributed by atoms with Crippen LogP contribution in [-0.4, -0.2) is 12.7 Å². The molecule has 1 aromatic heterocycles. The summed E-state index contributed by atoms with van der Waals surface area (Å²) < 4.78 is 11.5. The van der Waals surface area contributed by atoms with Crippen LogP contribution >= 0.6 is 15.9 Å². The molecule has 0 amide bonds. The van der Waals surface area contributed by atoms with Gasteiger partial charge in [-0.15, -0.1) is 0 Å². The van der Waals surface area contributed by atoms with Gasteiger partial charge in [-0.2, -0.15) is 0 Å². The number of rotatable bonds is 4. The summed E-state index contributed by atoms with van der Waals surface area (Å²) in [5.41, 5.74) is 5.77. The second kappa shape index (κ2) is 4.47. The van der Waals surface area contributed by atoms with Crippen molar-refractivity contribution in [3.8, 4) is 0 Å². The maximum absolute atomic E-state index is 6.00. The molecule has 0 aliphatic rings. The Balaban J connectivity index is 2.68. The fourth-order valence-electron chi connectivity index (χ4n) is 1.28. The number of halogens is 1. The Morgan fingerprint density at radius 2 is 2.29 bits per heavy atom. The minimum absolute atomic E-state index is 0.144. The summed E-state index contributed by atoms with van der Waals surface area (Å²) >= 11 is 3.38. The second-order valence-corrected chi connectivity index (χ2v) is 4.76. The third-order valence-electron chi connectivity index (χ3n) is 2.25. The molecular weight excluding hydrogens is 246 g/mol. The predicted molar refractivity (Wildman–Crippen MR) is 59.0 cm³/mol. The Bertz CT molecular complexity index is 296. The molecule has 0 bridgehead atoms. The molecule has 0 aliphatic carbocycles. The van der Waals surface area contributed by atoms with Crippen LogP contribution < -0.4 is 5.73 Å². The lowest BCUT2D eigenvalue weighted by Crippen LogP contribution is -2.28. The van der Waals surface area contributed by atoms with Gasteiger partial charge in [-0.3, -0.25) is 0 Å². The lowest BCUT2D eigenvalue weighted by Gasteiger charge is -2.25. The molecule has 2 N–H and O–H groups in total. The highest BCUT2D eigenvalue weighted by molar-refractivity contribution is 9.10. The van der Waals surface area contributed by atoms with E-state index in [1.165, 1.54) is 0 Å². The number of ether oxygens (including phenoxy) is 1. The molecule has 0 radical (unpaired) electrons. The molecular formula is C10H16BrNO2. The molecule has 3 nitrogen and oxygen atoms in total. The van der Waals surface area contributed by atoms with Crippen LogP contribution in [-0.2, 0) is 4.74 Å². The van der Waals surface area contributed by atoms with Crippen molar-refractivity contribution in [1.82, 2.24) is 0 Å². The molecule has 1 atom stereocenters. The van der Waals surface area contributed by atoms with E-state index >= 15 is 0 Å². The maximum Gasteiger partial charge on any atom is 0.134 e. The first-order chi connectivity index (χ1) is 6.46. The Labute approximate surface area is 92.7 Å². The highest BCUT2D eigenvalue weighted by Crippen LogP contribution is 2.29. The van der Waals surface area contributed by atoms with Crippen molar-refractivity contribution in [2.45, 2.75) is 31.9 Å². The Kier molecular flexibility index (Phi) is 3.75. The van der Waals surface area contributed by atoms with Crippen molar-refractivity contribution in [2.24, 2.45) is 5.73 Å². The van der Waals surface area contributed by atoms with Gasteiger partial charge in [-0.05, 0) is 42.3 Å². The summed E-state index contributed by atoms with van der Waals surface area (Å²) in [6.45, 7) is 4.01. The van der Waals surface area contributed by atoms with Crippen molar-refractivity contribution >= 4 is 15.9 Å². The maximum atomic E-state index is 6.00. The van der Waals surface area contributed by atoms with Gasteiger partial charge in [0, 0.05) is 7.11 Å². The molecule has 80 valence electrons. The molecule has 0 aromatic carbocycles. The van der Waals surface area contributed by atoms with E-state index in [1.807, 2.05) is 19.9 Å². The van der Waals surface area contributed by atoms with E-state index in [-0.39, 0.29) is 11.6 Å². The molecule has 4 heteroatoms. The summed E-state index contributed by atoms with van der Waals surface area (Å²) in [6.07, 6.45) is 2.34. The first-order valence-electron chi connectivity index (χ1n) is 4.50. The first kappa shape index (κ1) is 11.8. The van der Waals surface area contributed by atoms with Crippen LogP contribution in [0.1, 0.15) is 32.1 Å². The zero-order chi connectivity index (χ0) is 10.8. The summed E-state index contributed by atoms with van der Waals surface area (Å²) in [7, 11) is 1.68. The van der Waals surface area contributed by atoms with Crippen LogP contribution in [0.5, 0.6) is 0 Å². The largest absolute Gasteiger partial charge is 0.466 e. The van der Waals surface area contributed by atoms with Gasteiger partial charge in [0.1, 0.15) is 5.76 Å². The van der Waals surface area contributed by atoms with E-state index in [0.29, 0.717) is 0 Å². The molecule has 0 saturated heterocycles. The van der Waals surface area contributed by atoms with Crippen molar-refractivity contribution in [2.75, 3.05) is 7.11 Å². The fraction of sp³-hybridized carbons (Fsp3) is 0.600. The smallest absolute Gasteiger partial charge is 0.134 e. The standard InChI is InChI=1S/C10H16BrNO2/c1-10(2,13-3)6-8(12)9-7(11)4-5-14-9/h4-5,8H,6,12H2,1-3H3. The molecule has 0 aliphatic heterocycles. The lowest BCUT2D eigenvalue weighted by molar-refractivity contribution is 0.00837. The average molecular weight is 262 g/mol. The Morgan fingerprint density at radius 1 is 1.64 bits per heavy atom. The molecule has 0 spiro atoms. The summed E-state index contributed by atoms with van der Waals surface area (Å²) in [4.78, 5) is 0. The third-order valence-corrected chi connectivity index (χ3v) is 2.90. The van der Waals surface area contributed by atoms with Crippen LogP contribution in [0.25, 0.3) is 0 Å².